The van der Waals surface area contributed by atoms with Gasteiger partial charge in [0, 0.05) is 18.2 Å². The molecule has 0 aromatic carbocycles. The number of aliphatic hydroxyl groups is 1. The van der Waals surface area contributed by atoms with Crippen molar-refractivity contribution in [2.75, 3.05) is 13.2 Å². The molecule has 0 saturated heterocycles. The number of amides is 1. The standard InChI is InChI=1S/C14H20N4O5S.C2H6O.Na/c1-8-11(13(19)18-14(15)16)6-9-4-2-3-5-10(12(9)17-8)7-23-24(20,21)22;1-2-3;/h6,10H,2-5,7H2,1H3,(H,20,21,22)(H4,15,16,18,19);3H,2H2,1H3;/q;;+1/p-1. The molecule has 1 heterocycles. The zero-order chi connectivity index (χ0) is 20.6. The first-order valence-corrected chi connectivity index (χ1v) is 9.77. The number of carbonyl (C=O) groups excluding carboxylic acids is 1. The number of hydrogen-bond donors (Lipinski definition) is 3. The second kappa shape index (κ2) is 12.5. The summed E-state index contributed by atoms with van der Waals surface area (Å²) in [6.07, 6.45) is 3.02. The van der Waals surface area contributed by atoms with Crippen molar-refractivity contribution in [1.29, 1.82) is 0 Å². The second-order valence-electron chi connectivity index (χ2n) is 5.96. The maximum Gasteiger partial charge on any atom is 1.00 e. The van der Waals surface area contributed by atoms with Gasteiger partial charge in [0.1, 0.15) is 0 Å². The molecule has 12 heteroatoms. The number of rotatable bonds is 4. The SMILES string of the molecule is CCO.Cc1nc2c(cc1C(=O)N=C(N)N)CCCCC2COS(=O)(=O)[O-].[Na+]. The van der Waals surface area contributed by atoms with Crippen LogP contribution < -0.4 is 41.0 Å². The number of carbonyl (C=O) groups is 1. The van der Waals surface area contributed by atoms with E-state index < -0.39 is 16.3 Å². The van der Waals surface area contributed by atoms with Crippen LogP contribution in [0.25, 0.3) is 0 Å². The van der Waals surface area contributed by atoms with Crippen molar-refractivity contribution in [2.24, 2.45) is 16.5 Å². The van der Waals surface area contributed by atoms with Crippen molar-refractivity contribution in [3.8, 4) is 0 Å². The van der Waals surface area contributed by atoms with Gasteiger partial charge in [-0.3, -0.25) is 14.0 Å². The number of fused-ring (bicyclic) bond motifs is 1. The first-order chi connectivity index (χ1) is 12.6. The molecule has 1 aromatic rings. The number of aromatic nitrogens is 1. The third-order valence-corrected chi connectivity index (χ3v) is 4.26. The number of aliphatic hydroxyl groups excluding tert-OH is 1. The van der Waals surface area contributed by atoms with Gasteiger partial charge >= 0.3 is 29.6 Å². The monoisotopic (exact) mass is 424 g/mol. The zero-order valence-corrected chi connectivity index (χ0v) is 19.2. The quantitative estimate of drug-likeness (QED) is 0.114. The van der Waals surface area contributed by atoms with E-state index in [0.717, 1.165) is 18.4 Å². The van der Waals surface area contributed by atoms with E-state index >= 15 is 0 Å². The predicted octanol–water partition coefficient (Wildman–Crippen LogP) is -2.91. The number of pyridine rings is 1. The molecule has 1 amide bonds. The molecule has 28 heavy (non-hydrogen) atoms. The number of guanidine groups is 1. The molecule has 1 aromatic heterocycles. The first-order valence-electron chi connectivity index (χ1n) is 8.44. The van der Waals surface area contributed by atoms with Crippen LogP contribution in [-0.4, -0.2) is 48.1 Å². The molecule has 0 radical (unpaired) electrons. The van der Waals surface area contributed by atoms with Crippen LogP contribution in [0.1, 0.15) is 59.4 Å². The van der Waals surface area contributed by atoms with Crippen LogP contribution in [-0.2, 0) is 21.0 Å². The molecule has 1 atom stereocenters. The van der Waals surface area contributed by atoms with Gasteiger partial charge in [-0.15, -0.1) is 0 Å². The summed E-state index contributed by atoms with van der Waals surface area (Å²) in [7, 11) is -4.76. The van der Waals surface area contributed by atoms with E-state index in [1.165, 1.54) is 0 Å². The average molecular weight is 424 g/mol. The van der Waals surface area contributed by atoms with E-state index in [2.05, 4.69) is 14.2 Å². The fraction of sp³-hybridized carbons (Fsp3) is 0.562. The smallest absolute Gasteiger partial charge is 0.726 e. The molecule has 2 rings (SSSR count). The fourth-order valence-corrected chi connectivity index (χ4v) is 3.11. The minimum absolute atomic E-state index is 0. The summed E-state index contributed by atoms with van der Waals surface area (Å²) < 4.78 is 36.5. The summed E-state index contributed by atoms with van der Waals surface area (Å²) in [4.78, 5) is 20.0. The molecular weight excluding hydrogens is 399 g/mol. The summed E-state index contributed by atoms with van der Waals surface area (Å²) in [5.41, 5.74) is 12.6. The van der Waals surface area contributed by atoms with Gasteiger partial charge in [-0.05, 0) is 44.7 Å². The third-order valence-electron chi connectivity index (χ3n) is 3.84. The molecule has 0 saturated carbocycles. The Morgan fingerprint density at radius 2 is 2.04 bits per heavy atom. The summed E-state index contributed by atoms with van der Waals surface area (Å²) in [5.74, 6) is -1.24. The van der Waals surface area contributed by atoms with Crippen molar-refractivity contribution >= 4 is 22.3 Å². The van der Waals surface area contributed by atoms with Crippen LogP contribution in [0.4, 0.5) is 0 Å². The Morgan fingerprint density at radius 3 is 2.57 bits per heavy atom. The summed E-state index contributed by atoms with van der Waals surface area (Å²) in [6.45, 7) is 3.31. The molecule has 1 aliphatic carbocycles. The van der Waals surface area contributed by atoms with Crippen LogP contribution in [0.15, 0.2) is 11.1 Å². The van der Waals surface area contributed by atoms with E-state index in [9.17, 15) is 17.8 Å². The van der Waals surface area contributed by atoms with Crippen molar-refractivity contribution in [3.05, 3.63) is 28.6 Å². The number of nitrogens with two attached hydrogens (primary N) is 2. The molecule has 0 spiro atoms. The van der Waals surface area contributed by atoms with Crippen molar-refractivity contribution in [2.45, 2.75) is 45.4 Å². The Hall–Kier alpha value is -1.08. The van der Waals surface area contributed by atoms with E-state index in [0.29, 0.717) is 29.8 Å². The van der Waals surface area contributed by atoms with Gasteiger partial charge in [-0.25, -0.2) is 8.42 Å². The Labute approximate surface area is 187 Å². The van der Waals surface area contributed by atoms with Gasteiger partial charge < -0.3 is 21.1 Å². The largest absolute Gasteiger partial charge is 1.00 e. The minimum Gasteiger partial charge on any atom is -0.726 e. The minimum atomic E-state index is -4.76. The zero-order valence-electron chi connectivity index (χ0n) is 16.3. The Balaban J connectivity index is 0.00000171. The number of nitrogens with zero attached hydrogens (tertiary/aromatic N) is 2. The molecule has 0 bridgehead atoms. The van der Waals surface area contributed by atoms with Crippen LogP contribution in [0.3, 0.4) is 0 Å². The third kappa shape index (κ3) is 8.95. The van der Waals surface area contributed by atoms with Gasteiger partial charge in [0.2, 0.25) is 10.4 Å². The number of aryl methyl sites for hydroxylation is 2. The molecule has 152 valence electrons. The summed E-state index contributed by atoms with van der Waals surface area (Å²) >= 11 is 0. The molecular formula is C16H25N4NaO6S. The van der Waals surface area contributed by atoms with E-state index in [1.54, 1.807) is 19.9 Å². The van der Waals surface area contributed by atoms with Crippen molar-refractivity contribution < 1.29 is 56.6 Å². The molecule has 5 N–H and O–H groups in total. The maximum atomic E-state index is 12.1. The topological polar surface area (TPSA) is 181 Å². The molecule has 10 nitrogen and oxygen atoms in total. The number of aliphatic imine (C=N–C) groups is 1. The van der Waals surface area contributed by atoms with Gasteiger partial charge in [-0.2, -0.15) is 4.99 Å². The predicted molar refractivity (Wildman–Crippen MR) is 97.8 cm³/mol. The molecule has 1 unspecified atom stereocenters. The second-order valence-corrected chi connectivity index (χ2v) is 7.01. The Bertz CT molecular complexity index is 797. The van der Waals surface area contributed by atoms with E-state index in [4.69, 9.17) is 16.6 Å². The first kappa shape index (κ1) is 26.9. The van der Waals surface area contributed by atoms with Crippen molar-refractivity contribution in [1.82, 2.24) is 4.98 Å². The summed E-state index contributed by atoms with van der Waals surface area (Å²) in [5, 5.41) is 7.57. The Kier molecular flexibility index (Phi) is 12.0. The van der Waals surface area contributed by atoms with E-state index in [1.807, 2.05) is 0 Å². The van der Waals surface area contributed by atoms with Gasteiger partial charge in [0.05, 0.1) is 17.9 Å². The maximum absolute atomic E-state index is 12.1. The Morgan fingerprint density at radius 1 is 1.43 bits per heavy atom. The van der Waals surface area contributed by atoms with Crippen LogP contribution in [0, 0.1) is 6.92 Å². The normalized spacial score (nSPS) is 15.8. The van der Waals surface area contributed by atoms with Crippen LogP contribution >= 0.6 is 0 Å². The van der Waals surface area contributed by atoms with Gasteiger partial charge in [0.25, 0.3) is 5.91 Å². The summed E-state index contributed by atoms with van der Waals surface area (Å²) in [6, 6.07) is 1.68. The average Bonchev–Trinajstić information content (AvgIpc) is 2.73. The molecule has 0 aliphatic heterocycles. The molecule has 0 fully saturated rings. The van der Waals surface area contributed by atoms with Crippen molar-refractivity contribution in [3.63, 3.8) is 0 Å². The molecule has 1 aliphatic rings. The van der Waals surface area contributed by atoms with Crippen LogP contribution in [0.5, 0.6) is 0 Å². The van der Waals surface area contributed by atoms with Gasteiger partial charge in [-0.1, -0.05) is 6.42 Å². The van der Waals surface area contributed by atoms with Crippen LogP contribution in [0.2, 0.25) is 0 Å². The number of hydrogen-bond acceptors (Lipinski definition) is 7. The van der Waals surface area contributed by atoms with E-state index in [-0.39, 0.29) is 54.6 Å². The fourth-order valence-electron chi connectivity index (χ4n) is 2.78. The van der Waals surface area contributed by atoms with Gasteiger partial charge in [0.15, 0.2) is 5.96 Å².